The number of nitrogens with one attached hydrogen (secondary N) is 2. The second kappa shape index (κ2) is 7.62. The van der Waals surface area contributed by atoms with Crippen molar-refractivity contribution in [2.75, 3.05) is 13.6 Å². The van der Waals surface area contributed by atoms with E-state index in [2.05, 4.69) is 24.5 Å². The molecular weight excluding hydrogens is 384 g/mol. The number of rotatable bonds is 7. The van der Waals surface area contributed by atoms with Gasteiger partial charge in [-0.1, -0.05) is 47.5 Å². The molecule has 0 bridgehead atoms. The summed E-state index contributed by atoms with van der Waals surface area (Å²) in [4.78, 5) is 52.5. The molecule has 0 aromatic heterocycles. The van der Waals surface area contributed by atoms with Crippen molar-refractivity contribution >= 4 is 23.5 Å². The summed E-state index contributed by atoms with van der Waals surface area (Å²) in [6, 6.07) is -2.24. The van der Waals surface area contributed by atoms with Gasteiger partial charge in [0.25, 0.3) is 5.91 Å². The lowest BCUT2D eigenvalue weighted by Crippen LogP contribution is -2.59. The second-order valence-corrected chi connectivity index (χ2v) is 10.9. The maximum atomic E-state index is 13.4. The smallest absolute Gasteiger partial charge is 0.289 e. The molecule has 1 heterocycles. The summed E-state index contributed by atoms with van der Waals surface area (Å²) >= 11 is 0. The Balaban J connectivity index is 1.80. The van der Waals surface area contributed by atoms with E-state index in [0.717, 1.165) is 12.8 Å². The lowest BCUT2D eigenvalue weighted by atomic mass is 9.86. The van der Waals surface area contributed by atoms with Gasteiger partial charge >= 0.3 is 0 Å². The summed E-state index contributed by atoms with van der Waals surface area (Å²) in [5, 5.41) is 5.17. The Hall–Kier alpha value is -1.96. The molecule has 2 aliphatic carbocycles. The number of nitrogens with two attached hydrogens (primary N) is 1. The molecular formula is C22H36N4O4. The molecule has 4 N–H and O–H groups in total. The summed E-state index contributed by atoms with van der Waals surface area (Å²) < 4.78 is 0. The highest BCUT2D eigenvalue weighted by atomic mass is 16.2. The Morgan fingerprint density at radius 3 is 2.27 bits per heavy atom. The van der Waals surface area contributed by atoms with Crippen LogP contribution in [0.15, 0.2) is 0 Å². The van der Waals surface area contributed by atoms with E-state index in [4.69, 9.17) is 5.73 Å². The quantitative estimate of drug-likeness (QED) is 0.516. The van der Waals surface area contributed by atoms with Crippen molar-refractivity contribution in [2.24, 2.45) is 34.3 Å². The van der Waals surface area contributed by atoms with Crippen LogP contribution in [0.4, 0.5) is 0 Å². The van der Waals surface area contributed by atoms with Crippen molar-refractivity contribution in [3.8, 4) is 0 Å². The number of ketones is 1. The predicted molar refractivity (Wildman–Crippen MR) is 112 cm³/mol. The van der Waals surface area contributed by atoms with Gasteiger partial charge in [-0.25, -0.2) is 0 Å². The highest BCUT2D eigenvalue weighted by Gasteiger charge is 2.69. The predicted octanol–water partition coefficient (Wildman–Crippen LogP) is 0.443. The molecule has 30 heavy (non-hydrogen) atoms. The van der Waals surface area contributed by atoms with E-state index in [-0.39, 0.29) is 29.1 Å². The average molecular weight is 421 g/mol. The summed E-state index contributed by atoms with van der Waals surface area (Å²) in [7, 11) is 1.40. The van der Waals surface area contributed by atoms with Gasteiger partial charge in [0.15, 0.2) is 0 Å². The molecule has 8 heteroatoms. The van der Waals surface area contributed by atoms with Gasteiger partial charge in [0.2, 0.25) is 17.6 Å². The maximum absolute atomic E-state index is 13.4. The number of nitrogens with zero attached hydrogens (tertiary/aromatic N) is 1. The first-order valence-corrected chi connectivity index (χ1v) is 10.9. The van der Waals surface area contributed by atoms with Crippen LogP contribution in [0.1, 0.15) is 53.9 Å². The lowest BCUT2D eigenvalue weighted by Gasteiger charge is -2.36. The standard InChI is InChI=1S/C22H36N4O4/c1-21(2,3)17(23)20(30)26-10-12-14(22(12,4)5)15(26)18(28)25-13(9-11-7-8-11)16(27)19(29)24-6/h11-15,17H,7-10,23H2,1-6H3,(H,24,29)(H,25,28)/t12-,13?,14-,15-,17+/m0/s1. The molecule has 168 valence electrons. The fraction of sp³-hybridized carbons (Fsp3) is 0.818. The van der Waals surface area contributed by atoms with Crippen LogP contribution in [0.25, 0.3) is 0 Å². The third-order valence-corrected chi connectivity index (χ3v) is 7.31. The summed E-state index contributed by atoms with van der Waals surface area (Å²) in [6.45, 7) is 10.4. The molecule has 0 aromatic rings. The molecule has 2 saturated carbocycles. The fourth-order valence-corrected chi connectivity index (χ4v) is 4.82. The Bertz CT molecular complexity index is 753. The van der Waals surface area contributed by atoms with Crippen LogP contribution in [0.5, 0.6) is 0 Å². The minimum Gasteiger partial charge on any atom is -0.353 e. The van der Waals surface area contributed by atoms with Crippen molar-refractivity contribution in [2.45, 2.75) is 72.0 Å². The normalized spacial score (nSPS) is 28.9. The Morgan fingerprint density at radius 1 is 1.17 bits per heavy atom. The van der Waals surface area contributed by atoms with E-state index in [9.17, 15) is 19.2 Å². The van der Waals surface area contributed by atoms with E-state index < -0.39 is 35.2 Å². The van der Waals surface area contributed by atoms with E-state index in [1.807, 2.05) is 20.8 Å². The number of likely N-dealkylation sites (N-methyl/N-ethyl adjacent to an activating group) is 1. The second-order valence-electron chi connectivity index (χ2n) is 10.9. The van der Waals surface area contributed by atoms with Crippen molar-refractivity contribution in [1.29, 1.82) is 0 Å². The van der Waals surface area contributed by atoms with E-state index in [1.165, 1.54) is 7.05 Å². The number of likely N-dealkylation sites (tertiary alicyclic amines) is 1. The fourth-order valence-electron chi connectivity index (χ4n) is 4.82. The number of Topliss-reactive ketones (excluding diaryl/α,β-unsaturated/α-hetero) is 1. The molecule has 3 amide bonds. The SMILES string of the molecule is CNC(=O)C(=O)C(CC1CC1)NC(=O)[C@@H]1[C@@H]2[C@H](CN1C(=O)[C@@H](N)C(C)(C)C)C2(C)C. The molecule has 1 unspecified atom stereocenters. The zero-order valence-electron chi connectivity index (χ0n) is 19.0. The number of carbonyl (C=O) groups is 4. The van der Waals surface area contributed by atoms with Crippen molar-refractivity contribution < 1.29 is 19.2 Å². The van der Waals surface area contributed by atoms with E-state index in [0.29, 0.717) is 18.9 Å². The van der Waals surface area contributed by atoms with Gasteiger partial charge in [-0.15, -0.1) is 0 Å². The summed E-state index contributed by atoms with van der Waals surface area (Å²) in [6.07, 6.45) is 2.46. The van der Waals surface area contributed by atoms with Crippen LogP contribution in [0, 0.1) is 28.6 Å². The number of fused-ring (bicyclic) bond motifs is 1. The van der Waals surface area contributed by atoms with Gasteiger partial charge in [-0.2, -0.15) is 0 Å². The highest BCUT2D eigenvalue weighted by molar-refractivity contribution is 6.38. The van der Waals surface area contributed by atoms with Crippen LogP contribution < -0.4 is 16.4 Å². The van der Waals surface area contributed by atoms with Crippen molar-refractivity contribution in [3.05, 3.63) is 0 Å². The number of hydrogen-bond donors (Lipinski definition) is 3. The zero-order valence-corrected chi connectivity index (χ0v) is 19.0. The first-order valence-electron chi connectivity index (χ1n) is 10.9. The summed E-state index contributed by atoms with van der Waals surface area (Å²) in [5.74, 6) is -1.31. The van der Waals surface area contributed by atoms with Gasteiger partial charge in [0, 0.05) is 13.6 Å². The summed E-state index contributed by atoms with van der Waals surface area (Å²) in [5.41, 5.74) is 5.75. The van der Waals surface area contributed by atoms with Gasteiger partial charge in [-0.05, 0) is 35.0 Å². The maximum Gasteiger partial charge on any atom is 0.289 e. The average Bonchev–Trinajstić information content (AvgIpc) is 3.51. The van der Waals surface area contributed by atoms with E-state index >= 15 is 0 Å². The number of hydrogen-bond acceptors (Lipinski definition) is 5. The number of carbonyl (C=O) groups excluding carboxylic acids is 4. The van der Waals surface area contributed by atoms with Crippen LogP contribution >= 0.6 is 0 Å². The van der Waals surface area contributed by atoms with E-state index in [1.54, 1.807) is 4.90 Å². The first kappa shape index (κ1) is 22.7. The topological polar surface area (TPSA) is 122 Å². The Kier molecular flexibility index (Phi) is 5.77. The van der Waals surface area contributed by atoms with Crippen LogP contribution in [-0.2, 0) is 19.2 Å². The van der Waals surface area contributed by atoms with Gasteiger partial charge in [-0.3, -0.25) is 19.2 Å². The monoisotopic (exact) mass is 420 g/mol. The van der Waals surface area contributed by atoms with Gasteiger partial charge < -0.3 is 21.3 Å². The van der Waals surface area contributed by atoms with Gasteiger partial charge in [0.1, 0.15) is 6.04 Å². The molecule has 8 nitrogen and oxygen atoms in total. The minimum atomic E-state index is -0.862. The molecule has 3 fully saturated rings. The highest BCUT2D eigenvalue weighted by Crippen LogP contribution is 2.65. The molecule has 1 saturated heterocycles. The number of amides is 3. The van der Waals surface area contributed by atoms with Gasteiger partial charge in [0.05, 0.1) is 12.1 Å². The Labute approximate surface area is 178 Å². The Morgan fingerprint density at radius 2 is 1.77 bits per heavy atom. The third kappa shape index (κ3) is 4.11. The lowest BCUT2D eigenvalue weighted by molar-refractivity contribution is -0.144. The number of piperidine rings is 1. The zero-order chi connectivity index (χ0) is 22.6. The van der Waals surface area contributed by atoms with Crippen LogP contribution in [0.2, 0.25) is 0 Å². The van der Waals surface area contributed by atoms with Crippen LogP contribution in [0.3, 0.4) is 0 Å². The molecule has 3 aliphatic rings. The molecule has 0 aromatic carbocycles. The molecule has 5 atom stereocenters. The molecule has 0 spiro atoms. The van der Waals surface area contributed by atoms with Crippen molar-refractivity contribution in [1.82, 2.24) is 15.5 Å². The molecule has 0 radical (unpaired) electrons. The third-order valence-electron chi connectivity index (χ3n) is 7.31. The largest absolute Gasteiger partial charge is 0.353 e. The minimum absolute atomic E-state index is 0.0327. The van der Waals surface area contributed by atoms with Crippen molar-refractivity contribution in [3.63, 3.8) is 0 Å². The molecule has 1 aliphatic heterocycles. The van der Waals surface area contributed by atoms with Crippen LogP contribution in [-0.4, -0.2) is 60.1 Å². The molecule has 3 rings (SSSR count). The first-order chi connectivity index (χ1) is 13.8.